The van der Waals surface area contributed by atoms with Gasteiger partial charge in [0.05, 0.1) is 12.2 Å². The van der Waals surface area contributed by atoms with Gasteiger partial charge in [-0.1, -0.05) is 20.8 Å². The summed E-state index contributed by atoms with van der Waals surface area (Å²) in [4.78, 5) is 0. The second-order valence-corrected chi connectivity index (χ2v) is 7.70. The zero-order valence-electron chi connectivity index (χ0n) is 10.9. The van der Waals surface area contributed by atoms with Gasteiger partial charge in [-0.25, -0.2) is 0 Å². The molecule has 16 heavy (non-hydrogen) atoms. The first-order valence-electron chi connectivity index (χ1n) is 7.15. The van der Waals surface area contributed by atoms with Gasteiger partial charge in [0, 0.05) is 0 Å². The van der Waals surface area contributed by atoms with Crippen LogP contribution in [0.3, 0.4) is 0 Å². The Hall–Kier alpha value is -0.0400. The van der Waals surface area contributed by atoms with Gasteiger partial charge in [-0.3, -0.25) is 0 Å². The average molecular weight is 220 g/mol. The molecule has 1 aliphatic heterocycles. The third-order valence-corrected chi connectivity index (χ3v) is 7.11. The van der Waals surface area contributed by atoms with Crippen LogP contribution < -0.4 is 0 Å². The predicted octanol–water partition coefficient (Wildman–Crippen LogP) is 3.63. The Labute approximate surface area is 98.9 Å². The Morgan fingerprint density at radius 3 is 2.50 bits per heavy atom. The molecule has 4 fully saturated rings. The summed E-state index contributed by atoms with van der Waals surface area (Å²) in [7, 11) is 0. The molecule has 3 aliphatic carbocycles. The third-order valence-electron chi connectivity index (χ3n) is 7.11. The Balaban J connectivity index is 1.82. The van der Waals surface area contributed by atoms with Gasteiger partial charge in [0.2, 0.25) is 0 Å². The third kappa shape index (κ3) is 0.868. The average Bonchev–Trinajstić information content (AvgIpc) is 2.89. The van der Waals surface area contributed by atoms with Crippen LogP contribution in [0.5, 0.6) is 0 Å². The lowest BCUT2D eigenvalue weighted by atomic mass is 9.65. The summed E-state index contributed by atoms with van der Waals surface area (Å²) in [6.45, 7) is 8.66. The fraction of sp³-hybridized carbons (Fsp3) is 1.00. The fourth-order valence-electron chi connectivity index (χ4n) is 6.12. The molecule has 4 aliphatic rings. The Morgan fingerprint density at radius 2 is 1.81 bits per heavy atom. The lowest BCUT2D eigenvalue weighted by Gasteiger charge is -2.39. The molecule has 0 aromatic carbocycles. The lowest BCUT2D eigenvalue weighted by Crippen LogP contribution is -2.37. The minimum absolute atomic E-state index is 0.346. The van der Waals surface area contributed by atoms with Crippen molar-refractivity contribution in [3.63, 3.8) is 0 Å². The van der Waals surface area contributed by atoms with Gasteiger partial charge in [0.15, 0.2) is 0 Å². The Bertz CT molecular complexity index is 337. The molecule has 90 valence electrons. The van der Waals surface area contributed by atoms with E-state index in [1.54, 1.807) is 0 Å². The van der Waals surface area contributed by atoms with E-state index in [2.05, 4.69) is 20.8 Å². The number of epoxide rings is 1. The van der Waals surface area contributed by atoms with Crippen molar-refractivity contribution < 1.29 is 4.74 Å². The van der Waals surface area contributed by atoms with Crippen LogP contribution >= 0.6 is 0 Å². The molecule has 5 atom stereocenters. The number of rotatable bonds is 0. The summed E-state index contributed by atoms with van der Waals surface area (Å²) in [6, 6.07) is 0. The van der Waals surface area contributed by atoms with Crippen molar-refractivity contribution in [1.82, 2.24) is 0 Å². The molecule has 0 aromatic heterocycles. The van der Waals surface area contributed by atoms with Crippen molar-refractivity contribution in [2.45, 2.75) is 58.5 Å². The molecule has 1 heteroatoms. The van der Waals surface area contributed by atoms with E-state index in [4.69, 9.17) is 4.74 Å². The van der Waals surface area contributed by atoms with E-state index in [-0.39, 0.29) is 0 Å². The van der Waals surface area contributed by atoms with Crippen LogP contribution in [0.1, 0.15) is 52.9 Å². The molecule has 2 spiro atoms. The first-order chi connectivity index (χ1) is 7.51. The van der Waals surface area contributed by atoms with Gasteiger partial charge >= 0.3 is 0 Å². The topological polar surface area (TPSA) is 12.5 Å². The molecule has 1 nitrogen and oxygen atoms in total. The lowest BCUT2D eigenvalue weighted by molar-refractivity contribution is 0.0696. The maximum Gasteiger partial charge on any atom is 0.0950 e. The molecule has 3 saturated carbocycles. The first kappa shape index (κ1) is 9.94. The van der Waals surface area contributed by atoms with E-state index in [0.717, 1.165) is 24.4 Å². The minimum Gasteiger partial charge on any atom is -0.369 e. The molecule has 2 unspecified atom stereocenters. The van der Waals surface area contributed by atoms with Gasteiger partial charge in [-0.15, -0.1) is 0 Å². The van der Waals surface area contributed by atoms with E-state index >= 15 is 0 Å². The van der Waals surface area contributed by atoms with Gasteiger partial charge in [-0.05, 0) is 60.7 Å². The quantitative estimate of drug-likeness (QED) is 0.568. The van der Waals surface area contributed by atoms with E-state index in [1.807, 2.05) is 0 Å². The zero-order valence-corrected chi connectivity index (χ0v) is 10.9. The molecule has 0 N–H and O–H groups in total. The van der Waals surface area contributed by atoms with Crippen LogP contribution in [0.15, 0.2) is 0 Å². The smallest absolute Gasteiger partial charge is 0.0950 e. The van der Waals surface area contributed by atoms with E-state index in [9.17, 15) is 0 Å². The van der Waals surface area contributed by atoms with E-state index in [1.165, 1.54) is 32.1 Å². The van der Waals surface area contributed by atoms with Gasteiger partial charge in [0.25, 0.3) is 0 Å². The van der Waals surface area contributed by atoms with E-state index in [0.29, 0.717) is 16.4 Å². The number of fused-ring (bicyclic) bond motifs is 2. The van der Waals surface area contributed by atoms with Crippen molar-refractivity contribution >= 4 is 0 Å². The molecule has 1 saturated heterocycles. The van der Waals surface area contributed by atoms with Crippen LogP contribution in [0.2, 0.25) is 0 Å². The molecular weight excluding hydrogens is 196 g/mol. The number of ether oxygens (including phenoxy) is 1. The second-order valence-electron chi connectivity index (χ2n) is 7.70. The molecule has 0 radical (unpaired) electrons. The monoisotopic (exact) mass is 220 g/mol. The SMILES string of the molecule is C[C@@H]1CC[C@@H]2C(C)(C)C3CC12CC[C@]31CO1. The van der Waals surface area contributed by atoms with Crippen molar-refractivity contribution in [2.24, 2.45) is 28.6 Å². The van der Waals surface area contributed by atoms with Crippen molar-refractivity contribution in [3.05, 3.63) is 0 Å². The van der Waals surface area contributed by atoms with Crippen molar-refractivity contribution in [1.29, 1.82) is 0 Å². The van der Waals surface area contributed by atoms with Gasteiger partial charge < -0.3 is 4.74 Å². The Morgan fingerprint density at radius 1 is 1.06 bits per heavy atom. The summed E-state index contributed by atoms with van der Waals surface area (Å²) in [6.07, 6.45) is 7.27. The highest BCUT2D eigenvalue weighted by Gasteiger charge is 2.72. The molecular formula is C15H24O. The summed E-state index contributed by atoms with van der Waals surface area (Å²) in [5.74, 6) is 2.82. The van der Waals surface area contributed by atoms with Crippen LogP contribution in [-0.2, 0) is 4.74 Å². The molecule has 0 amide bonds. The summed E-state index contributed by atoms with van der Waals surface area (Å²) < 4.78 is 5.90. The second kappa shape index (κ2) is 2.53. The van der Waals surface area contributed by atoms with Crippen LogP contribution in [0.4, 0.5) is 0 Å². The van der Waals surface area contributed by atoms with Gasteiger partial charge in [0.1, 0.15) is 0 Å². The Kier molecular flexibility index (Phi) is 1.57. The highest BCUT2D eigenvalue weighted by atomic mass is 16.6. The molecule has 0 aromatic rings. The summed E-state index contributed by atoms with van der Waals surface area (Å²) >= 11 is 0. The highest BCUT2D eigenvalue weighted by molar-refractivity contribution is 5.21. The van der Waals surface area contributed by atoms with Crippen LogP contribution in [0, 0.1) is 28.6 Å². The van der Waals surface area contributed by atoms with Crippen molar-refractivity contribution in [2.75, 3.05) is 6.61 Å². The number of hydrogen-bond acceptors (Lipinski definition) is 1. The highest BCUT2D eigenvalue weighted by Crippen LogP contribution is 2.75. The summed E-state index contributed by atoms with van der Waals surface area (Å²) in [5.41, 5.74) is 1.60. The van der Waals surface area contributed by atoms with Crippen molar-refractivity contribution in [3.8, 4) is 0 Å². The molecule has 1 heterocycles. The van der Waals surface area contributed by atoms with E-state index < -0.39 is 0 Å². The molecule has 4 rings (SSSR count). The fourth-order valence-corrected chi connectivity index (χ4v) is 6.12. The normalized spacial score (nSPS) is 61.3. The van der Waals surface area contributed by atoms with Crippen LogP contribution in [-0.4, -0.2) is 12.2 Å². The minimum atomic E-state index is 0.346. The number of hydrogen-bond donors (Lipinski definition) is 0. The van der Waals surface area contributed by atoms with Gasteiger partial charge in [-0.2, -0.15) is 0 Å². The maximum atomic E-state index is 5.90. The zero-order chi connectivity index (χ0) is 11.2. The first-order valence-corrected chi connectivity index (χ1v) is 7.15. The molecule has 2 bridgehead atoms. The largest absolute Gasteiger partial charge is 0.369 e. The summed E-state index contributed by atoms with van der Waals surface area (Å²) in [5, 5.41) is 0. The standard InChI is InChI=1S/C15H24O/c1-10-4-5-11-13(2,3)12-8-14(10,11)6-7-15(12)9-16-15/h10-12H,4-9H2,1-3H3/t10-,11-,12?,14?,15+/m1/s1. The van der Waals surface area contributed by atoms with Crippen LogP contribution in [0.25, 0.3) is 0 Å². The predicted molar refractivity (Wildman–Crippen MR) is 64.1 cm³/mol. The maximum absolute atomic E-state index is 5.90.